The largest absolute Gasteiger partial charge is 0.338 e. The quantitative estimate of drug-likeness (QED) is 0.830. The highest BCUT2D eigenvalue weighted by molar-refractivity contribution is 5.15. The van der Waals surface area contributed by atoms with Gasteiger partial charge in [-0.2, -0.15) is 4.98 Å². The van der Waals surface area contributed by atoms with Crippen LogP contribution in [-0.2, 0) is 13.1 Å². The summed E-state index contributed by atoms with van der Waals surface area (Å²) in [7, 11) is 1.98. The van der Waals surface area contributed by atoms with Crippen LogP contribution in [0.4, 0.5) is 4.39 Å². The van der Waals surface area contributed by atoms with Crippen LogP contribution < -0.4 is 0 Å². The maximum Gasteiger partial charge on any atom is 0.240 e. The van der Waals surface area contributed by atoms with Crippen LogP contribution in [0.25, 0.3) is 0 Å². The number of nitrogens with zero attached hydrogens (tertiary/aromatic N) is 3. The first kappa shape index (κ1) is 12.3. The molecule has 0 atom stereocenters. The second kappa shape index (κ2) is 5.09. The standard InChI is InChI=1S/C14H16FN3O/c1-18(8-10-2-6-12(15)7-3-10)9-13-16-14(17-19-13)11-4-5-11/h2-3,6-7,11H,4-5,8-9H2,1H3. The molecule has 1 aliphatic carbocycles. The smallest absolute Gasteiger partial charge is 0.240 e. The molecular formula is C14H16FN3O. The van der Waals surface area contributed by atoms with E-state index in [2.05, 4.69) is 15.0 Å². The zero-order valence-electron chi connectivity index (χ0n) is 10.8. The fraction of sp³-hybridized carbons (Fsp3) is 0.429. The molecule has 1 aliphatic rings. The van der Waals surface area contributed by atoms with Crippen LogP contribution in [0.15, 0.2) is 28.8 Å². The number of hydrogen-bond donors (Lipinski definition) is 0. The van der Waals surface area contributed by atoms with Crippen molar-refractivity contribution in [3.8, 4) is 0 Å². The lowest BCUT2D eigenvalue weighted by Crippen LogP contribution is -2.17. The Bertz CT molecular complexity index is 548. The first-order chi connectivity index (χ1) is 9.20. The Balaban J connectivity index is 1.57. The lowest BCUT2D eigenvalue weighted by Gasteiger charge is -2.13. The SMILES string of the molecule is CN(Cc1ccc(F)cc1)Cc1nc(C2CC2)no1. The molecule has 2 aromatic rings. The molecular weight excluding hydrogens is 245 g/mol. The molecule has 3 rings (SSSR count). The lowest BCUT2D eigenvalue weighted by molar-refractivity contribution is 0.260. The fourth-order valence-corrected chi connectivity index (χ4v) is 2.03. The molecule has 19 heavy (non-hydrogen) atoms. The third-order valence-electron chi connectivity index (χ3n) is 3.20. The van der Waals surface area contributed by atoms with Crippen LogP contribution in [0.1, 0.15) is 36.0 Å². The third kappa shape index (κ3) is 3.17. The molecule has 1 saturated carbocycles. The maximum atomic E-state index is 12.8. The second-order valence-corrected chi connectivity index (χ2v) is 5.12. The predicted molar refractivity (Wildman–Crippen MR) is 67.8 cm³/mol. The summed E-state index contributed by atoms with van der Waals surface area (Å²) < 4.78 is 18.0. The van der Waals surface area contributed by atoms with E-state index in [1.807, 2.05) is 7.05 Å². The van der Waals surface area contributed by atoms with Crippen molar-refractivity contribution in [3.05, 3.63) is 47.4 Å². The summed E-state index contributed by atoms with van der Waals surface area (Å²) in [6.07, 6.45) is 2.34. The molecule has 0 radical (unpaired) electrons. The highest BCUT2D eigenvalue weighted by Gasteiger charge is 2.28. The van der Waals surface area contributed by atoms with Gasteiger partial charge in [-0.3, -0.25) is 4.90 Å². The van der Waals surface area contributed by atoms with E-state index in [9.17, 15) is 4.39 Å². The van der Waals surface area contributed by atoms with E-state index >= 15 is 0 Å². The fourth-order valence-electron chi connectivity index (χ4n) is 2.03. The van der Waals surface area contributed by atoms with Crippen LogP contribution in [0.3, 0.4) is 0 Å². The number of halogens is 1. The van der Waals surface area contributed by atoms with Gasteiger partial charge in [-0.25, -0.2) is 4.39 Å². The molecule has 4 nitrogen and oxygen atoms in total. The Morgan fingerprint density at radius 1 is 1.26 bits per heavy atom. The molecule has 0 bridgehead atoms. The average molecular weight is 261 g/mol. The van der Waals surface area contributed by atoms with Crippen molar-refractivity contribution >= 4 is 0 Å². The Labute approximate surface area is 111 Å². The molecule has 5 heteroatoms. The minimum atomic E-state index is -0.211. The monoisotopic (exact) mass is 261 g/mol. The minimum absolute atomic E-state index is 0.211. The summed E-state index contributed by atoms with van der Waals surface area (Å²) >= 11 is 0. The number of rotatable bonds is 5. The maximum absolute atomic E-state index is 12.8. The molecule has 100 valence electrons. The summed E-state index contributed by atoms with van der Waals surface area (Å²) in [5.74, 6) is 1.79. The van der Waals surface area contributed by atoms with E-state index in [1.165, 1.54) is 25.0 Å². The zero-order chi connectivity index (χ0) is 13.2. The molecule has 0 spiro atoms. The molecule has 1 fully saturated rings. The Morgan fingerprint density at radius 3 is 2.68 bits per heavy atom. The molecule has 0 aliphatic heterocycles. The van der Waals surface area contributed by atoms with Crippen LogP contribution >= 0.6 is 0 Å². The third-order valence-corrected chi connectivity index (χ3v) is 3.20. The molecule has 0 amide bonds. The van der Waals surface area contributed by atoms with Gasteiger partial charge in [-0.1, -0.05) is 17.3 Å². The van der Waals surface area contributed by atoms with Gasteiger partial charge >= 0.3 is 0 Å². The van der Waals surface area contributed by atoms with Crippen molar-refractivity contribution in [2.24, 2.45) is 0 Å². The highest BCUT2D eigenvalue weighted by atomic mass is 19.1. The van der Waals surface area contributed by atoms with Gasteiger partial charge < -0.3 is 4.52 Å². The van der Waals surface area contributed by atoms with Gasteiger partial charge in [0, 0.05) is 12.5 Å². The van der Waals surface area contributed by atoms with Crippen molar-refractivity contribution in [2.75, 3.05) is 7.05 Å². The van der Waals surface area contributed by atoms with Crippen molar-refractivity contribution in [1.82, 2.24) is 15.0 Å². The first-order valence-electron chi connectivity index (χ1n) is 6.46. The van der Waals surface area contributed by atoms with Crippen molar-refractivity contribution < 1.29 is 8.91 Å². The summed E-state index contributed by atoms with van der Waals surface area (Å²) in [6, 6.07) is 6.52. The summed E-state index contributed by atoms with van der Waals surface area (Å²) in [6.45, 7) is 1.33. The van der Waals surface area contributed by atoms with Crippen LogP contribution in [0.2, 0.25) is 0 Å². The van der Waals surface area contributed by atoms with E-state index in [0.29, 0.717) is 18.4 Å². The predicted octanol–water partition coefficient (Wildman–Crippen LogP) is 2.72. The minimum Gasteiger partial charge on any atom is -0.338 e. The summed E-state index contributed by atoms with van der Waals surface area (Å²) in [5, 5.41) is 3.99. The zero-order valence-corrected chi connectivity index (χ0v) is 10.8. The molecule has 1 aromatic heterocycles. The topological polar surface area (TPSA) is 42.2 Å². The van der Waals surface area contributed by atoms with Crippen molar-refractivity contribution in [1.29, 1.82) is 0 Å². The van der Waals surface area contributed by atoms with Gasteiger partial charge in [0.1, 0.15) is 5.82 Å². The van der Waals surface area contributed by atoms with Gasteiger partial charge in [-0.15, -0.1) is 0 Å². The number of hydrogen-bond acceptors (Lipinski definition) is 4. The van der Waals surface area contributed by atoms with Gasteiger partial charge in [0.15, 0.2) is 5.82 Å². The van der Waals surface area contributed by atoms with Gasteiger partial charge in [0.25, 0.3) is 0 Å². The van der Waals surface area contributed by atoms with Gasteiger partial charge in [0.2, 0.25) is 5.89 Å². The van der Waals surface area contributed by atoms with E-state index in [0.717, 1.165) is 17.9 Å². The Kier molecular flexibility index (Phi) is 3.29. The summed E-state index contributed by atoms with van der Waals surface area (Å²) in [5.41, 5.74) is 1.06. The Morgan fingerprint density at radius 2 is 2.00 bits per heavy atom. The lowest BCUT2D eigenvalue weighted by atomic mass is 10.2. The van der Waals surface area contributed by atoms with E-state index in [-0.39, 0.29) is 5.82 Å². The van der Waals surface area contributed by atoms with Crippen LogP contribution in [0, 0.1) is 5.82 Å². The van der Waals surface area contributed by atoms with E-state index in [1.54, 1.807) is 12.1 Å². The van der Waals surface area contributed by atoms with Crippen molar-refractivity contribution in [2.45, 2.75) is 31.8 Å². The second-order valence-electron chi connectivity index (χ2n) is 5.12. The molecule has 1 heterocycles. The first-order valence-corrected chi connectivity index (χ1v) is 6.46. The normalized spacial score (nSPS) is 15.1. The Hall–Kier alpha value is -1.75. The average Bonchev–Trinajstić information content (AvgIpc) is 3.14. The number of aromatic nitrogens is 2. The van der Waals surface area contributed by atoms with E-state index in [4.69, 9.17) is 4.52 Å². The summed E-state index contributed by atoms with van der Waals surface area (Å²) in [4.78, 5) is 6.46. The van der Waals surface area contributed by atoms with Crippen LogP contribution in [-0.4, -0.2) is 22.1 Å². The molecule has 0 saturated heterocycles. The highest BCUT2D eigenvalue weighted by Crippen LogP contribution is 2.38. The number of benzene rings is 1. The van der Waals surface area contributed by atoms with E-state index < -0.39 is 0 Å². The van der Waals surface area contributed by atoms with Crippen molar-refractivity contribution in [3.63, 3.8) is 0 Å². The van der Waals surface area contributed by atoms with Gasteiger partial charge in [0.05, 0.1) is 6.54 Å². The molecule has 0 unspecified atom stereocenters. The van der Waals surface area contributed by atoms with Gasteiger partial charge in [-0.05, 0) is 37.6 Å². The molecule has 1 aromatic carbocycles. The molecule has 0 N–H and O–H groups in total. The van der Waals surface area contributed by atoms with Crippen LogP contribution in [0.5, 0.6) is 0 Å².